The SMILES string of the molecule is COC(=O)Nc1ccc(-c2nc(C(CC(=O)N3CC4C[C@@H](C3)c3cccc(=O)n3C4)NC(=O)C=Cc3cc(Cl)ccc3-n3cnnn3)[nH]c2Cl)cc1. The van der Waals surface area contributed by atoms with Gasteiger partial charge in [-0.05, 0) is 65.2 Å². The largest absolute Gasteiger partial charge is 0.453 e. The Kier molecular flexibility index (Phi) is 9.87. The van der Waals surface area contributed by atoms with Crippen molar-refractivity contribution in [2.45, 2.75) is 31.3 Å². The van der Waals surface area contributed by atoms with E-state index in [0.717, 1.165) is 12.1 Å². The minimum absolute atomic E-state index is 0.0229. The number of piperidine rings is 1. The topological polar surface area (TPSA) is 182 Å². The van der Waals surface area contributed by atoms with Crippen LogP contribution in [0.3, 0.4) is 0 Å². The van der Waals surface area contributed by atoms with Crippen LogP contribution < -0.4 is 16.2 Å². The molecule has 0 radical (unpaired) electrons. The number of hydrogen-bond acceptors (Lipinski definition) is 9. The third kappa shape index (κ3) is 7.45. The van der Waals surface area contributed by atoms with Crippen molar-refractivity contribution < 1.29 is 19.1 Å². The minimum Gasteiger partial charge on any atom is -0.453 e. The highest BCUT2D eigenvalue weighted by atomic mass is 35.5. The summed E-state index contributed by atoms with van der Waals surface area (Å²) in [4.78, 5) is 61.3. The molecule has 2 aliphatic heterocycles. The van der Waals surface area contributed by atoms with Crippen molar-refractivity contribution in [3.8, 4) is 16.9 Å². The lowest BCUT2D eigenvalue weighted by Gasteiger charge is -2.43. The Morgan fingerprint density at radius 1 is 1.08 bits per heavy atom. The molecule has 0 saturated carbocycles. The molecule has 15 nitrogen and oxygen atoms in total. The fourth-order valence-corrected chi connectivity index (χ4v) is 7.18. The summed E-state index contributed by atoms with van der Waals surface area (Å²) in [5.41, 5.74) is 3.59. The molecule has 1 saturated heterocycles. The summed E-state index contributed by atoms with van der Waals surface area (Å²) in [5, 5.41) is 17.5. The van der Waals surface area contributed by atoms with E-state index in [-0.39, 0.29) is 40.7 Å². The number of ether oxygens (including phenoxy) is 1. The van der Waals surface area contributed by atoms with Gasteiger partial charge in [0.1, 0.15) is 23.0 Å². The van der Waals surface area contributed by atoms with Crippen molar-refractivity contribution in [1.82, 2.24) is 45.0 Å². The van der Waals surface area contributed by atoms with Gasteiger partial charge in [-0.3, -0.25) is 19.7 Å². The molecule has 0 aliphatic carbocycles. The van der Waals surface area contributed by atoms with Crippen molar-refractivity contribution in [3.05, 3.63) is 111 Å². The summed E-state index contributed by atoms with van der Waals surface area (Å²) in [7, 11) is 1.27. The van der Waals surface area contributed by atoms with Gasteiger partial charge in [0, 0.05) is 65.2 Å². The number of benzene rings is 2. The Morgan fingerprint density at radius 3 is 2.67 bits per heavy atom. The Labute approximate surface area is 306 Å². The zero-order chi connectivity index (χ0) is 36.4. The molecule has 2 bridgehead atoms. The summed E-state index contributed by atoms with van der Waals surface area (Å²) >= 11 is 12.9. The van der Waals surface area contributed by atoms with Crippen molar-refractivity contribution >= 4 is 52.9 Å². The average molecular weight is 744 g/mol. The van der Waals surface area contributed by atoms with Crippen molar-refractivity contribution in [2.75, 3.05) is 25.5 Å². The number of pyridine rings is 1. The van der Waals surface area contributed by atoms with Gasteiger partial charge in [-0.15, -0.1) is 5.10 Å². The maximum Gasteiger partial charge on any atom is 0.411 e. The van der Waals surface area contributed by atoms with Gasteiger partial charge in [-0.2, -0.15) is 4.68 Å². The van der Waals surface area contributed by atoms with E-state index in [1.807, 2.05) is 10.6 Å². The highest BCUT2D eigenvalue weighted by molar-refractivity contribution is 6.32. The van der Waals surface area contributed by atoms with Crippen LogP contribution in [-0.4, -0.2) is 77.7 Å². The molecule has 3 amide bonds. The third-order valence-corrected chi connectivity index (χ3v) is 9.63. The normalized spacial score (nSPS) is 17.0. The monoisotopic (exact) mass is 742 g/mol. The van der Waals surface area contributed by atoms with Crippen LogP contribution in [0.5, 0.6) is 0 Å². The van der Waals surface area contributed by atoms with Gasteiger partial charge >= 0.3 is 6.09 Å². The van der Waals surface area contributed by atoms with Gasteiger partial charge in [0.25, 0.3) is 5.56 Å². The second-order valence-electron chi connectivity index (χ2n) is 12.5. The Balaban J connectivity index is 1.15. The summed E-state index contributed by atoms with van der Waals surface area (Å²) in [6.45, 7) is 1.48. The molecule has 0 spiro atoms. The van der Waals surface area contributed by atoms with Crippen LogP contribution in [0.25, 0.3) is 23.0 Å². The van der Waals surface area contributed by atoms with E-state index in [4.69, 9.17) is 28.2 Å². The van der Waals surface area contributed by atoms with Gasteiger partial charge in [-0.25, -0.2) is 9.78 Å². The molecule has 2 aromatic carbocycles. The molecule has 3 N–H and O–H groups in total. The summed E-state index contributed by atoms with van der Waals surface area (Å²) < 4.78 is 7.91. The second-order valence-corrected chi connectivity index (χ2v) is 13.3. The van der Waals surface area contributed by atoms with Crippen LogP contribution in [0.4, 0.5) is 10.5 Å². The highest BCUT2D eigenvalue weighted by Gasteiger charge is 2.37. The number of H-pyrrole nitrogens is 1. The van der Waals surface area contributed by atoms with Gasteiger partial charge in [-0.1, -0.05) is 41.4 Å². The number of imidazole rings is 1. The first-order valence-corrected chi connectivity index (χ1v) is 17.1. The van der Waals surface area contributed by atoms with E-state index in [1.165, 1.54) is 24.2 Å². The van der Waals surface area contributed by atoms with E-state index < -0.39 is 18.0 Å². The molecule has 3 aromatic heterocycles. The molecule has 1 fully saturated rings. The molecule has 7 rings (SSSR count). The lowest BCUT2D eigenvalue weighted by molar-refractivity contribution is -0.134. The lowest BCUT2D eigenvalue weighted by Crippen LogP contribution is -2.49. The van der Waals surface area contributed by atoms with Crippen LogP contribution in [0.1, 0.15) is 41.9 Å². The van der Waals surface area contributed by atoms with Gasteiger partial charge < -0.3 is 24.5 Å². The molecule has 266 valence electrons. The first kappa shape index (κ1) is 34.6. The molecule has 52 heavy (non-hydrogen) atoms. The molecule has 5 heterocycles. The van der Waals surface area contributed by atoms with Gasteiger partial charge in [0.2, 0.25) is 11.8 Å². The van der Waals surface area contributed by atoms with E-state index in [2.05, 4.69) is 35.9 Å². The predicted octanol–water partition coefficient (Wildman–Crippen LogP) is 4.61. The van der Waals surface area contributed by atoms with Gasteiger partial charge in [0.05, 0.1) is 25.3 Å². The number of aromatic amines is 1. The first-order valence-electron chi connectivity index (χ1n) is 16.3. The van der Waals surface area contributed by atoms with Crippen molar-refractivity contribution in [2.24, 2.45) is 5.92 Å². The molecular weight excluding hydrogens is 711 g/mol. The number of nitrogens with zero attached hydrogens (tertiary/aromatic N) is 7. The van der Waals surface area contributed by atoms with Crippen LogP contribution in [0, 0.1) is 5.92 Å². The number of anilines is 1. The minimum atomic E-state index is -0.897. The molecule has 2 aliphatic rings. The maximum absolute atomic E-state index is 14.0. The molecule has 17 heteroatoms. The maximum atomic E-state index is 14.0. The second kappa shape index (κ2) is 14.8. The van der Waals surface area contributed by atoms with Crippen LogP contribution >= 0.6 is 23.2 Å². The number of nitrogens with one attached hydrogen (secondary N) is 3. The zero-order valence-electron chi connectivity index (χ0n) is 27.7. The summed E-state index contributed by atoms with van der Waals surface area (Å²) in [6, 6.07) is 16.2. The Hall–Kier alpha value is -5.80. The standard InChI is InChI=1S/C35H32Cl2N10O5/c1-52-35(51)39-25-9-5-21(6-10-25)32-33(37)42-34(41-32)26(40-29(48)12-7-22-14-24(36)8-11-28(22)47-19-38-43-44-47)15-31(50)45-16-20-13-23(18-45)27-3-2-4-30(49)46(27)17-20/h2-12,14,19-20,23,26H,13,15-18H2,1H3,(H,39,51)(H,40,48)(H,41,42)/t20?,23-,26?/m0/s1. The Bertz CT molecular complexity index is 2220. The first-order chi connectivity index (χ1) is 25.1. The number of amides is 3. The summed E-state index contributed by atoms with van der Waals surface area (Å²) in [6.07, 6.45) is 4.50. The molecule has 3 atom stereocenters. The summed E-state index contributed by atoms with van der Waals surface area (Å²) in [5.74, 6) is -0.261. The van der Waals surface area contributed by atoms with Crippen LogP contribution in [-0.2, 0) is 20.9 Å². The average Bonchev–Trinajstić information content (AvgIpc) is 3.81. The van der Waals surface area contributed by atoms with Crippen molar-refractivity contribution in [1.29, 1.82) is 0 Å². The van der Waals surface area contributed by atoms with Crippen molar-refractivity contribution in [3.63, 3.8) is 0 Å². The molecular formula is C35H32Cl2N10O5. The lowest BCUT2D eigenvalue weighted by atomic mass is 9.83. The molecule has 5 aromatic rings. The number of aromatic nitrogens is 7. The van der Waals surface area contributed by atoms with E-state index in [0.29, 0.717) is 52.9 Å². The number of fused-ring (bicyclic) bond motifs is 4. The number of tetrazole rings is 1. The zero-order valence-corrected chi connectivity index (χ0v) is 29.2. The number of likely N-dealkylation sites (tertiary alicyclic amines) is 1. The predicted molar refractivity (Wildman–Crippen MR) is 192 cm³/mol. The number of carbonyl (C=O) groups excluding carboxylic acids is 3. The number of hydrogen-bond donors (Lipinski definition) is 3. The van der Waals surface area contributed by atoms with Crippen LogP contribution in [0.15, 0.2) is 77.9 Å². The number of methoxy groups -OCH3 is 1. The fraction of sp³-hybridized carbons (Fsp3) is 0.257. The quantitative estimate of drug-likeness (QED) is 0.182. The smallest absolute Gasteiger partial charge is 0.411 e. The molecule has 2 unspecified atom stereocenters. The number of carbonyl (C=O) groups is 3. The van der Waals surface area contributed by atoms with E-state index >= 15 is 0 Å². The Morgan fingerprint density at radius 2 is 1.90 bits per heavy atom. The van der Waals surface area contributed by atoms with E-state index in [9.17, 15) is 19.2 Å². The van der Waals surface area contributed by atoms with Crippen LogP contribution in [0.2, 0.25) is 10.2 Å². The van der Waals surface area contributed by atoms with Gasteiger partial charge in [0.15, 0.2) is 0 Å². The number of rotatable bonds is 9. The number of halogens is 2. The van der Waals surface area contributed by atoms with E-state index in [1.54, 1.807) is 65.6 Å². The fourth-order valence-electron chi connectivity index (χ4n) is 6.75. The highest BCUT2D eigenvalue weighted by Crippen LogP contribution is 2.36. The third-order valence-electron chi connectivity index (χ3n) is 9.13.